The van der Waals surface area contributed by atoms with Gasteiger partial charge in [-0.15, -0.1) is 0 Å². The van der Waals surface area contributed by atoms with Crippen LogP contribution in [0.4, 0.5) is 4.39 Å². The fraction of sp³-hybridized carbons (Fsp3) is 0.484. The summed E-state index contributed by atoms with van der Waals surface area (Å²) in [7, 11) is 0. The van der Waals surface area contributed by atoms with Crippen LogP contribution in [0.2, 0.25) is 0 Å². The number of nitrogens with zero attached hydrogens (tertiary/aromatic N) is 2. The number of hydrogen-bond donors (Lipinski definition) is 2. The summed E-state index contributed by atoms with van der Waals surface area (Å²) in [6.07, 6.45) is 3.95. The maximum absolute atomic E-state index is 14.4. The number of amides is 2. The van der Waals surface area contributed by atoms with Crippen molar-refractivity contribution in [3.8, 4) is 0 Å². The van der Waals surface area contributed by atoms with Crippen molar-refractivity contribution in [1.82, 2.24) is 10.2 Å². The molecule has 0 aromatic heterocycles. The lowest BCUT2D eigenvalue weighted by Gasteiger charge is -2.47. The molecule has 1 spiro atoms. The molecule has 1 aliphatic heterocycles. The number of aryl methyl sites for hydroxylation is 1. The maximum Gasteiger partial charge on any atom is 0.305 e. The van der Waals surface area contributed by atoms with E-state index in [1.807, 2.05) is 30.0 Å². The van der Waals surface area contributed by atoms with Gasteiger partial charge in [-0.25, -0.2) is 4.39 Å². The van der Waals surface area contributed by atoms with E-state index < -0.39 is 11.6 Å². The predicted octanol–water partition coefficient (Wildman–Crippen LogP) is 5.66. The van der Waals surface area contributed by atoms with E-state index >= 15 is 0 Å². The molecule has 2 aromatic carbocycles. The molecule has 2 amide bonds. The Bertz CT molecular complexity index is 1240. The first-order valence-electron chi connectivity index (χ1n) is 13.8. The number of rotatable bonds is 9. The van der Waals surface area contributed by atoms with Crippen molar-refractivity contribution in [2.75, 3.05) is 6.54 Å². The number of aliphatic carboxylic acids is 1. The van der Waals surface area contributed by atoms with Gasteiger partial charge >= 0.3 is 5.97 Å². The highest BCUT2D eigenvalue weighted by Gasteiger charge is 2.53. The van der Waals surface area contributed by atoms with Gasteiger partial charge in [0.25, 0.3) is 11.8 Å². The molecule has 2 unspecified atom stereocenters. The largest absolute Gasteiger partial charge is 0.481 e. The quantitative estimate of drug-likeness (QED) is 0.433. The molecule has 208 valence electrons. The summed E-state index contributed by atoms with van der Waals surface area (Å²) < 4.78 is 14.4. The first-order chi connectivity index (χ1) is 18.5. The molecule has 0 saturated heterocycles. The summed E-state index contributed by atoms with van der Waals surface area (Å²) in [4.78, 5) is 44.5. The SMILES string of the molecule is CCC[C@H](c1ccc(C(=O)NCCC(=O)O)cc1)N1C(=O)C(c2cc(C)cc(F)c2)=NC12CC(C)CC(C)C2. The summed E-state index contributed by atoms with van der Waals surface area (Å²) in [5, 5.41) is 11.4. The number of benzene rings is 2. The fourth-order valence-corrected chi connectivity index (χ4v) is 6.41. The average molecular weight is 536 g/mol. The van der Waals surface area contributed by atoms with Gasteiger partial charge in [0.1, 0.15) is 17.2 Å². The van der Waals surface area contributed by atoms with Crippen LogP contribution in [0.3, 0.4) is 0 Å². The Morgan fingerprint density at radius 2 is 1.82 bits per heavy atom. The summed E-state index contributed by atoms with van der Waals surface area (Å²) in [5.74, 6) is -1.14. The van der Waals surface area contributed by atoms with E-state index in [2.05, 4.69) is 26.1 Å². The van der Waals surface area contributed by atoms with Crippen molar-refractivity contribution in [2.45, 2.75) is 77.9 Å². The Hall–Kier alpha value is -3.55. The highest BCUT2D eigenvalue weighted by atomic mass is 19.1. The van der Waals surface area contributed by atoms with E-state index in [1.165, 1.54) is 12.1 Å². The summed E-state index contributed by atoms with van der Waals surface area (Å²) in [6.45, 7) is 8.34. The normalized spacial score (nSPS) is 23.6. The lowest BCUT2D eigenvalue weighted by atomic mass is 9.75. The molecule has 0 radical (unpaired) electrons. The Morgan fingerprint density at radius 3 is 2.41 bits per heavy atom. The highest BCUT2D eigenvalue weighted by molar-refractivity contribution is 6.46. The van der Waals surface area contributed by atoms with Crippen LogP contribution in [0.25, 0.3) is 0 Å². The van der Waals surface area contributed by atoms with Crippen LogP contribution in [0.15, 0.2) is 47.5 Å². The van der Waals surface area contributed by atoms with E-state index in [9.17, 15) is 18.8 Å². The number of carbonyl (C=O) groups excluding carboxylic acids is 2. The Balaban J connectivity index is 1.71. The van der Waals surface area contributed by atoms with Crippen molar-refractivity contribution >= 4 is 23.5 Å². The lowest BCUT2D eigenvalue weighted by molar-refractivity contribution is -0.137. The standard InChI is InChI=1S/C31H38FN3O4/c1-5-6-26(22-7-9-23(10-8-22)29(38)33-12-11-27(36)37)35-30(39)28(24-14-19(2)15-25(32)16-24)34-31(35)17-20(3)13-21(4)18-31/h7-10,14-16,20-21,26H,5-6,11-13,17-18H2,1-4H3,(H,33,38)(H,36,37)/t20?,21?,26-,31?/m1/s1. The molecule has 0 bridgehead atoms. The second-order valence-electron chi connectivity index (χ2n) is 11.3. The topological polar surface area (TPSA) is 99.1 Å². The van der Waals surface area contributed by atoms with Gasteiger partial charge < -0.3 is 15.3 Å². The third-order valence-electron chi connectivity index (χ3n) is 7.72. The molecule has 1 saturated carbocycles. The van der Waals surface area contributed by atoms with E-state index in [4.69, 9.17) is 10.1 Å². The molecule has 3 atom stereocenters. The van der Waals surface area contributed by atoms with Crippen LogP contribution in [-0.4, -0.2) is 45.7 Å². The molecule has 8 heteroatoms. The van der Waals surface area contributed by atoms with E-state index in [0.29, 0.717) is 35.1 Å². The number of carboxylic acids is 1. The minimum Gasteiger partial charge on any atom is -0.481 e. The van der Waals surface area contributed by atoms with E-state index in [1.54, 1.807) is 12.1 Å². The molecule has 39 heavy (non-hydrogen) atoms. The number of nitrogens with one attached hydrogen (secondary N) is 1. The van der Waals surface area contributed by atoms with Gasteiger partial charge in [-0.2, -0.15) is 0 Å². The minimum atomic E-state index is -0.974. The van der Waals surface area contributed by atoms with Crippen molar-refractivity contribution < 1.29 is 23.9 Å². The van der Waals surface area contributed by atoms with E-state index in [-0.39, 0.29) is 36.6 Å². The average Bonchev–Trinajstić information content (AvgIpc) is 3.11. The van der Waals surface area contributed by atoms with Crippen molar-refractivity contribution in [3.63, 3.8) is 0 Å². The number of carbonyl (C=O) groups is 3. The van der Waals surface area contributed by atoms with Crippen LogP contribution in [-0.2, 0) is 9.59 Å². The van der Waals surface area contributed by atoms with Crippen molar-refractivity contribution in [3.05, 3.63) is 70.5 Å². The number of hydrogen-bond acceptors (Lipinski definition) is 4. The van der Waals surface area contributed by atoms with Crippen LogP contribution >= 0.6 is 0 Å². The molecule has 7 nitrogen and oxygen atoms in total. The van der Waals surface area contributed by atoms with Gasteiger partial charge in [0, 0.05) is 17.7 Å². The first-order valence-corrected chi connectivity index (χ1v) is 13.8. The third-order valence-corrected chi connectivity index (χ3v) is 7.72. The second kappa shape index (κ2) is 11.7. The van der Waals surface area contributed by atoms with Crippen LogP contribution in [0.1, 0.15) is 92.4 Å². The summed E-state index contributed by atoms with van der Waals surface area (Å²) in [6, 6.07) is 11.6. The van der Waals surface area contributed by atoms with Gasteiger partial charge in [0.05, 0.1) is 12.5 Å². The Morgan fingerprint density at radius 1 is 1.15 bits per heavy atom. The summed E-state index contributed by atoms with van der Waals surface area (Å²) >= 11 is 0. The number of aliphatic imine (C=N–C) groups is 1. The van der Waals surface area contributed by atoms with Crippen LogP contribution in [0.5, 0.6) is 0 Å². The Labute approximate surface area is 229 Å². The van der Waals surface area contributed by atoms with Gasteiger partial charge in [-0.05, 0) is 85.9 Å². The van der Waals surface area contributed by atoms with Crippen LogP contribution < -0.4 is 5.32 Å². The predicted molar refractivity (Wildman–Crippen MR) is 148 cm³/mol. The van der Waals surface area contributed by atoms with Crippen molar-refractivity contribution in [1.29, 1.82) is 0 Å². The Kier molecular flexibility index (Phi) is 8.52. The summed E-state index contributed by atoms with van der Waals surface area (Å²) in [5.41, 5.74) is 2.18. The van der Waals surface area contributed by atoms with Crippen LogP contribution in [0, 0.1) is 24.6 Å². The van der Waals surface area contributed by atoms with Crippen molar-refractivity contribution in [2.24, 2.45) is 16.8 Å². The zero-order valence-corrected chi connectivity index (χ0v) is 23.2. The molecule has 1 fully saturated rings. The maximum atomic E-state index is 14.4. The molecular weight excluding hydrogens is 497 g/mol. The van der Waals surface area contributed by atoms with E-state index in [0.717, 1.165) is 36.8 Å². The van der Waals surface area contributed by atoms with Gasteiger partial charge in [-0.1, -0.05) is 39.3 Å². The molecule has 1 heterocycles. The smallest absolute Gasteiger partial charge is 0.305 e. The second-order valence-corrected chi connectivity index (χ2v) is 11.3. The lowest BCUT2D eigenvalue weighted by Crippen LogP contribution is -2.52. The van der Waals surface area contributed by atoms with Gasteiger partial charge in [-0.3, -0.25) is 19.4 Å². The third kappa shape index (κ3) is 6.21. The molecule has 2 N–H and O–H groups in total. The number of halogens is 1. The number of carboxylic acid groups (broad SMARTS) is 1. The first kappa shape index (κ1) is 28.5. The molecule has 2 aromatic rings. The zero-order chi connectivity index (χ0) is 28.3. The molecule has 1 aliphatic carbocycles. The monoisotopic (exact) mass is 535 g/mol. The van der Waals surface area contributed by atoms with Gasteiger partial charge in [0.2, 0.25) is 0 Å². The highest BCUT2D eigenvalue weighted by Crippen LogP contribution is 2.48. The fourth-order valence-electron chi connectivity index (χ4n) is 6.41. The zero-order valence-electron chi connectivity index (χ0n) is 23.2. The minimum absolute atomic E-state index is 0.0508. The van der Waals surface area contributed by atoms with Gasteiger partial charge in [0.15, 0.2) is 0 Å². The molecular formula is C31H38FN3O4. The molecule has 4 rings (SSSR count). The molecule has 2 aliphatic rings.